The number of thioether (sulfide) groups is 1. The van der Waals surface area contributed by atoms with Gasteiger partial charge in [0.25, 0.3) is 5.91 Å². The topological polar surface area (TPSA) is 43.9 Å². The maximum absolute atomic E-state index is 13.1. The Morgan fingerprint density at radius 2 is 1.84 bits per heavy atom. The number of nitrogens with zero attached hydrogens (tertiary/aromatic N) is 3. The number of halogens is 2. The summed E-state index contributed by atoms with van der Waals surface area (Å²) in [5, 5.41) is 0.896. The van der Waals surface area contributed by atoms with Crippen LogP contribution < -0.4 is 0 Å². The SMILES string of the molecule is CN(C)C(=O)N1CCC2(CC1)SCCN2C(=O)c1ccc(Cl)cc1Cl. The summed E-state index contributed by atoms with van der Waals surface area (Å²) in [6, 6.07) is 5.00. The Bertz CT molecular complexity index is 690. The first-order valence-corrected chi connectivity index (χ1v) is 9.95. The Morgan fingerprint density at radius 3 is 2.44 bits per heavy atom. The summed E-state index contributed by atoms with van der Waals surface area (Å²) in [5.41, 5.74) is 0.486. The monoisotopic (exact) mass is 401 g/mol. The molecule has 0 saturated carbocycles. The summed E-state index contributed by atoms with van der Waals surface area (Å²) >= 11 is 14.0. The van der Waals surface area contributed by atoms with Crippen molar-refractivity contribution >= 4 is 46.9 Å². The van der Waals surface area contributed by atoms with Gasteiger partial charge in [0.2, 0.25) is 0 Å². The van der Waals surface area contributed by atoms with Crippen LogP contribution in [0.25, 0.3) is 0 Å². The molecule has 0 aliphatic carbocycles. The van der Waals surface area contributed by atoms with Gasteiger partial charge in [0.1, 0.15) is 0 Å². The van der Waals surface area contributed by atoms with Gasteiger partial charge in [-0.25, -0.2) is 4.79 Å². The van der Waals surface area contributed by atoms with E-state index >= 15 is 0 Å². The van der Waals surface area contributed by atoms with E-state index in [2.05, 4.69) is 0 Å². The van der Waals surface area contributed by atoms with Crippen LogP contribution in [0.2, 0.25) is 10.0 Å². The fourth-order valence-corrected chi connectivity index (χ4v) is 5.39. The molecule has 0 radical (unpaired) electrons. The number of carbonyl (C=O) groups is 2. The minimum atomic E-state index is -0.247. The largest absolute Gasteiger partial charge is 0.331 e. The molecule has 3 amide bonds. The predicted molar refractivity (Wildman–Crippen MR) is 103 cm³/mol. The number of hydrogen-bond acceptors (Lipinski definition) is 3. The van der Waals surface area contributed by atoms with Crippen LogP contribution in [0.1, 0.15) is 23.2 Å². The molecule has 25 heavy (non-hydrogen) atoms. The molecule has 3 rings (SSSR count). The molecular weight excluding hydrogens is 381 g/mol. The van der Waals surface area contributed by atoms with Gasteiger partial charge >= 0.3 is 6.03 Å². The lowest BCUT2D eigenvalue weighted by Gasteiger charge is -2.44. The number of hydrogen-bond donors (Lipinski definition) is 0. The lowest BCUT2D eigenvalue weighted by atomic mass is 10.0. The van der Waals surface area contributed by atoms with Crippen molar-refractivity contribution in [2.75, 3.05) is 39.5 Å². The summed E-state index contributed by atoms with van der Waals surface area (Å²) in [4.78, 5) is 30.4. The third-order valence-corrected chi connectivity index (χ3v) is 6.88. The number of amides is 3. The Morgan fingerprint density at radius 1 is 1.16 bits per heavy atom. The first kappa shape index (κ1) is 18.7. The van der Waals surface area contributed by atoms with E-state index in [1.807, 2.05) is 21.6 Å². The Hall–Kier alpha value is -1.11. The van der Waals surface area contributed by atoms with Crippen LogP contribution in [0.5, 0.6) is 0 Å². The highest BCUT2D eigenvalue weighted by Gasteiger charge is 2.47. The highest BCUT2D eigenvalue weighted by atomic mass is 35.5. The Labute approximate surface area is 162 Å². The molecule has 2 heterocycles. The molecule has 0 unspecified atom stereocenters. The van der Waals surface area contributed by atoms with E-state index in [1.54, 1.807) is 37.2 Å². The number of rotatable bonds is 1. The average Bonchev–Trinajstić information content (AvgIpc) is 2.97. The highest BCUT2D eigenvalue weighted by molar-refractivity contribution is 8.00. The fourth-order valence-electron chi connectivity index (χ4n) is 3.45. The van der Waals surface area contributed by atoms with E-state index < -0.39 is 0 Å². The van der Waals surface area contributed by atoms with Gasteiger partial charge in [0.05, 0.1) is 15.5 Å². The molecule has 1 aromatic carbocycles. The van der Waals surface area contributed by atoms with Gasteiger partial charge in [-0.15, -0.1) is 11.8 Å². The van der Waals surface area contributed by atoms with Crippen molar-refractivity contribution in [1.29, 1.82) is 0 Å². The van der Waals surface area contributed by atoms with E-state index in [0.717, 1.165) is 18.6 Å². The molecule has 0 bridgehead atoms. The molecular formula is C17H21Cl2N3O2S. The minimum Gasteiger partial charge on any atom is -0.331 e. The van der Waals surface area contributed by atoms with Gasteiger partial charge in [0.15, 0.2) is 0 Å². The molecule has 8 heteroatoms. The molecule has 1 aromatic rings. The van der Waals surface area contributed by atoms with Crippen LogP contribution in [0.4, 0.5) is 4.79 Å². The molecule has 2 fully saturated rings. The number of benzene rings is 1. The molecule has 1 spiro atoms. The first-order chi connectivity index (χ1) is 11.8. The zero-order valence-corrected chi connectivity index (χ0v) is 16.6. The molecule has 0 aromatic heterocycles. The van der Waals surface area contributed by atoms with Crippen molar-refractivity contribution in [1.82, 2.24) is 14.7 Å². The van der Waals surface area contributed by atoms with Gasteiger partial charge in [-0.2, -0.15) is 0 Å². The molecule has 2 aliphatic heterocycles. The second-order valence-corrected chi connectivity index (χ2v) is 8.84. The van der Waals surface area contributed by atoms with Crippen molar-refractivity contribution in [3.05, 3.63) is 33.8 Å². The summed E-state index contributed by atoms with van der Waals surface area (Å²) in [7, 11) is 3.52. The predicted octanol–water partition coefficient (Wildman–Crippen LogP) is 3.66. The fraction of sp³-hybridized carbons (Fsp3) is 0.529. The Balaban J connectivity index is 1.77. The molecule has 2 saturated heterocycles. The van der Waals surface area contributed by atoms with Gasteiger partial charge in [-0.3, -0.25) is 4.79 Å². The first-order valence-electron chi connectivity index (χ1n) is 8.21. The summed E-state index contributed by atoms with van der Waals surface area (Å²) < 4.78 is 0. The minimum absolute atomic E-state index is 0.0245. The maximum Gasteiger partial charge on any atom is 0.319 e. The average molecular weight is 402 g/mol. The van der Waals surface area contributed by atoms with Crippen molar-refractivity contribution in [3.8, 4) is 0 Å². The van der Waals surface area contributed by atoms with Crippen molar-refractivity contribution in [2.45, 2.75) is 17.7 Å². The van der Waals surface area contributed by atoms with E-state index in [1.165, 1.54) is 0 Å². The normalized spacial score (nSPS) is 19.4. The molecule has 2 aliphatic rings. The van der Waals surface area contributed by atoms with E-state index in [9.17, 15) is 9.59 Å². The summed E-state index contributed by atoms with van der Waals surface area (Å²) in [6.45, 7) is 2.01. The second-order valence-electron chi connectivity index (χ2n) is 6.54. The van der Waals surface area contributed by atoms with Crippen LogP contribution in [0.3, 0.4) is 0 Å². The van der Waals surface area contributed by atoms with Crippen LogP contribution in [0.15, 0.2) is 18.2 Å². The van der Waals surface area contributed by atoms with Gasteiger partial charge in [0, 0.05) is 44.5 Å². The number of carbonyl (C=O) groups excluding carboxylic acids is 2. The van der Waals surface area contributed by atoms with E-state index in [0.29, 0.717) is 35.2 Å². The van der Waals surface area contributed by atoms with Crippen LogP contribution in [-0.4, -0.2) is 71.0 Å². The van der Waals surface area contributed by atoms with Crippen molar-refractivity contribution < 1.29 is 9.59 Å². The number of urea groups is 1. The number of likely N-dealkylation sites (tertiary alicyclic amines) is 1. The standard InChI is InChI=1S/C17H21Cl2N3O2S/c1-20(2)16(24)21-7-5-17(6-8-21)22(9-10-25-17)15(23)13-4-3-12(18)11-14(13)19/h3-4,11H,5-10H2,1-2H3. The van der Waals surface area contributed by atoms with Crippen LogP contribution in [-0.2, 0) is 0 Å². The maximum atomic E-state index is 13.1. The third kappa shape index (κ3) is 3.57. The van der Waals surface area contributed by atoms with Gasteiger partial charge in [-0.1, -0.05) is 23.2 Å². The summed E-state index contributed by atoms with van der Waals surface area (Å²) in [6.07, 6.45) is 1.54. The van der Waals surface area contributed by atoms with Crippen LogP contribution in [0, 0.1) is 0 Å². The second kappa shape index (κ2) is 7.25. The van der Waals surface area contributed by atoms with Gasteiger partial charge < -0.3 is 14.7 Å². The van der Waals surface area contributed by atoms with Crippen molar-refractivity contribution in [3.63, 3.8) is 0 Å². The zero-order valence-electron chi connectivity index (χ0n) is 14.3. The highest BCUT2D eigenvalue weighted by Crippen LogP contribution is 2.45. The quantitative estimate of drug-likeness (QED) is 0.720. The van der Waals surface area contributed by atoms with Crippen LogP contribution >= 0.6 is 35.0 Å². The summed E-state index contributed by atoms with van der Waals surface area (Å²) in [5.74, 6) is 0.845. The lowest BCUT2D eigenvalue weighted by molar-refractivity contribution is 0.0570. The van der Waals surface area contributed by atoms with Crippen molar-refractivity contribution in [2.24, 2.45) is 0 Å². The molecule has 136 valence electrons. The van der Waals surface area contributed by atoms with Gasteiger partial charge in [-0.05, 0) is 31.0 Å². The molecule has 0 atom stereocenters. The Kier molecular flexibility index (Phi) is 5.42. The lowest BCUT2D eigenvalue weighted by Crippen LogP contribution is -2.54. The molecule has 5 nitrogen and oxygen atoms in total. The van der Waals surface area contributed by atoms with E-state index in [-0.39, 0.29) is 16.8 Å². The third-order valence-electron chi connectivity index (χ3n) is 4.78. The van der Waals surface area contributed by atoms with E-state index in [4.69, 9.17) is 23.2 Å². The molecule has 0 N–H and O–H groups in total. The smallest absolute Gasteiger partial charge is 0.319 e. The zero-order chi connectivity index (χ0) is 18.2. The number of piperidine rings is 1.